The summed E-state index contributed by atoms with van der Waals surface area (Å²) in [5.41, 5.74) is 0. The number of hydrogen-bond acceptors (Lipinski definition) is 5. The van der Waals surface area contributed by atoms with Gasteiger partial charge in [0.15, 0.2) is 6.10 Å². The molecule has 0 aromatic heterocycles. The number of esters is 2. The van der Waals surface area contributed by atoms with Gasteiger partial charge in [-0.1, -0.05) is 152 Å². The van der Waals surface area contributed by atoms with Gasteiger partial charge in [0, 0.05) is 12.8 Å². The minimum absolute atomic E-state index is 0.0933. The molecule has 0 fully saturated rings. The number of aliphatic hydroxyl groups excluding tert-OH is 1. The van der Waals surface area contributed by atoms with Crippen LogP contribution in [0.15, 0.2) is 48.6 Å². The molecule has 44 heavy (non-hydrogen) atoms. The van der Waals surface area contributed by atoms with Crippen LogP contribution in [0, 0.1) is 0 Å². The molecule has 0 rings (SSSR count). The van der Waals surface area contributed by atoms with E-state index in [1.807, 2.05) is 0 Å². The number of rotatable bonds is 32. The summed E-state index contributed by atoms with van der Waals surface area (Å²) >= 11 is 0. The molecule has 0 saturated carbocycles. The van der Waals surface area contributed by atoms with Crippen LogP contribution in [0.2, 0.25) is 0 Å². The van der Waals surface area contributed by atoms with Crippen LogP contribution in [0.1, 0.15) is 168 Å². The standard InChI is InChI=1S/C39H68O5/c1-3-5-7-9-11-13-15-17-18-19-20-22-23-25-27-29-31-33-38(41)43-36-37(35-40)44-39(42)34-32-30-28-26-24-21-16-14-12-10-8-6-4-2/h11,13,17-18,20,22,25,27,37,40H,3-10,12,14-16,19,21,23-24,26,28-36H2,1-2H3/t37-/m0/s1. The van der Waals surface area contributed by atoms with Gasteiger partial charge in [-0.05, 0) is 51.4 Å². The van der Waals surface area contributed by atoms with Crippen molar-refractivity contribution < 1.29 is 24.2 Å². The monoisotopic (exact) mass is 617 g/mol. The molecule has 0 radical (unpaired) electrons. The van der Waals surface area contributed by atoms with E-state index in [1.54, 1.807) is 0 Å². The van der Waals surface area contributed by atoms with Crippen LogP contribution in [0.3, 0.4) is 0 Å². The highest BCUT2D eigenvalue weighted by Crippen LogP contribution is 2.13. The Morgan fingerprint density at radius 1 is 0.523 bits per heavy atom. The van der Waals surface area contributed by atoms with Crippen LogP contribution in [-0.4, -0.2) is 36.4 Å². The molecule has 0 aromatic carbocycles. The minimum Gasteiger partial charge on any atom is -0.462 e. The largest absolute Gasteiger partial charge is 0.462 e. The Labute approximate surface area is 271 Å². The second kappa shape index (κ2) is 35.3. The van der Waals surface area contributed by atoms with E-state index in [0.717, 1.165) is 44.9 Å². The molecular formula is C39H68O5. The van der Waals surface area contributed by atoms with Gasteiger partial charge in [0.2, 0.25) is 0 Å². The van der Waals surface area contributed by atoms with Crippen molar-refractivity contribution in [3.63, 3.8) is 0 Å². The number of carbonyl (C=O) groups is 2. The lowest BCUT2D eigenvalue weighted by molar-refractivity contribution is -0.161. The fourth-order valence-corrected chi connectivity index (χ4v) is 4.84. The number of aliphatic hydroxyl groups is 1. The summed E-state index contributed by atoms with van der Waals surface area (Å²) in [5.74, 6) is -0.657. The Kier molecular flexibility index (Phi) is 33.6. The summed E-state index contributed by atoms with van der Waals surface area (Å²) in [5, 5.41) is 9.51. The van der Waals surface area contributed by atoms with E-state index in [1.165, 1.54) is 89.9 Å². The van der Waals surface area contributed by atoms with E-state index >= 15 is 0 Å². The van der Waals surface area contributed by atoms with Crippen molar-refractivity contribution in [1.29, 1.82) is 0 Å². The third-order valence-electron chi connectivity index (χ3n) is 7.63. The Hall–Kier alpha value is -2.14. The quantitative estimate of drug-likeness (QED) is 0.0462. The van der Waals surface area contributed by atoms with Crippen LogP contribution in [-0.2, 0) is 19.1 Å². The summed E-state index contributed by atoms with van der Waals surface area (Å²) < 4.78 is 10.5. The number of ether oxygens (including phenoxy) is 2. The van der Waals surface area contributed by atoms with Gasteiger partial charge in [-0.2, -0.15) is 0 Å². The molecule has 0 bridgehead atoms. The highest BCUT2D eigenvalue weighted by atomic mass is 16.6. The van der Waals surface area contributed by atoms with Gasteiger partial charge in [-0.25, -0.2) is 0 Å². The lowest BCUT2D eigenvalue weighted by Crippen LogP contribution is -2.28. The zero-order valence-corrected chi connectivity index (χ0v) is 28.7. The topological polar surface area (TPSA) is 72.8 Å². The molecule has 1 atom stereocenters. The smallest absolute Gasteiger partial charge is 0.306 e. The fourth-order valence-electron chi connectivity index (χ4n) is 4.84. The summed E-state index contributed by atoms with van der Waals surface area (Å²) in [4.78, 5) is 24.1. The minimum atomic E-state index is -0.790. The molecule has 0 spiro atoms. The van der Waals surface area contributed by atoms with E-state index < -0.39 is 6.10 Å². The molecule has 0 saturated heterocycles. The average Bonchev–Trinajstić information content (AvgIpc) is 3.02. The molecule has 0 amide bonds. The van der Waals surface area contributed by atoms with Crippen molar-refractivity contribution in [2.75, 3.05) is 13.2 Å². The summed E-state index contributed by atoms with van der Waals surface area (Å²) in [6, 6.07) is 0. The highest BCUT2D eigenvalue weighted by molar-refractivity contribution is 5.70. The van der Waals surface area contributed by atoms with Gasteiger partial charge in [-0.15, -0.1) is 0 Å². The van der Waals surface area contributed by atoms with Gasteiger partial charge in [0.25, 0.3) is 0 Å². The molecule has 0 unspecified atom stereocenters. The number of unbranched alkanes of at least 4 members (excludes halogenated alkanes) is 16. The van der Waals surface area contributed by atoms with E-state index in [9.17, 15) is 14.7 Å². The van der Waals surface area contributed by atoms with E-state index in [0.29, 0.717) is 19.3 Å². The van der Waals surface area contributed by atoms with Crippen molar-refractivity contribution in [2.24, 2.45) is 0 Å². The SMILES string of the molecule is CCCCCC=CCC=CCC=CCC=CCCCC(=O)OC[C@H](CO)OC(=O)CCCCCCCCCCCCCCC. The van der Waals surface area contributed by atoms with E-state index in [-0.39, 0.29) is 25.2 Å². The maximum absolute atomic E-state index is 12.1. The van der Waals surface area contributed by atoms with E-state index in [2.05, 4.69) is 62.5 Å². The first kappa shape index (κ1) is 41.9. The molecule has 5 heteroatoms. The Balaban J connectivity index is 3.68. The number of hydrogen-bond donors (Lipinski definition) is 1. The fraction of sp³-hybridized carbons (Fsp3) is 0.744. The second-order valence-corrected chi connectivity index (χ2v) is 12.0. The van der Waals surface area contributed by atoms with Gasteiger partial charge in [0.05, 0.1) is 6.61 Å². The second-order valence-electron chi connectivity index (χ2n) is 12.0. The molecule has 0 aliphatic heterocycles. The normalized spacial score (nSPS) is 12.7. The van der Waals surface area contributed by atoms with Crippen LogP contribution in [0.25, 0.3) is 0 Å². The predicted molar refractivity (Wildman–Crippen MR) is 187 cm³/mol. The van der Waals surface area contributed by atoms with Gasteiger partial charge >= 0.3 is 11.9 Å². The van der Waals surface area contributed by atoms with Crippen molar-refractivity contribution in [1.82, 2.24) is 0 Å². The molecule has 1 N–H and O–H groups in total. The van der Waals surface area contributed by atoms with Crippen LogP contribution in [0.5, 0.6) is 0 Å². The van der Waals surface area contributed by atoms with E-state index in [4.69, 9.17) is 9.47 Å². The molecule has 0 heterocycles. The third kappa shape index (κ3) is 32.8. The van der Waals surface area contributed by atoms with Crippen molar-refractivity contribution in [2.45, 2.75) is 174 Å². The first-order valence-corrected chi connectivity index (χ1v) is 18.2. The Morgan fingerprint density at radius 3 is 1.43 bits per heavy atom. The van der Waals surface area contributed by atoms with Crippen molar-refractivity contribution in [3.05, 3.63) is 48.6 Å². The first-order valence-electron chi connectivity index (χ1n) is 18.2. The first-order chi connectivity index (χ1) is 21.6. The lowest BCUT2D eigenvalue weighted by Gasteiger charge is -2.15. The lowest BCUT2D eigenvalue weighted by atomic mass is 10.0. The maximum atomic E-state index is 12.1. The summed E-state index contributed by atoms with van der Waals surface area (Å²) in [6.07, 6.45) is 43.1. The molecule has 0 aliphatic carbocycles. The van der Waals surface area contributed by atoms with Gasteiger partial charge < -0.3 is 14.6 Å². The van der Waals surface area contributed by atoms with Crippen molar-refractivity contribution in [3.8, 4) is 0 Å². The Morgan fingerprint density at radius 2 is 0.932 bits per heavy atom. The molecule has 0 aromatic rings. The third-order valence-corrected chi connectivity index (χ3v) is 7.63. The van der Waals surface area contributed by atoms with Crippen molar-refractivity contribution >= 4 is 11.9 Å². The van der Waals surface area contributed by atoms with Gasteiger partial charge in [-0.3, -0.25) is 9.59 Å². The number of carbonyl (C=O) groups excluding carboxylic acids is 2. The maximum Gasteiger partial charge on any atom is 0.306 e. The highest BCUT2D eigenvalue weighted by Gasteiger charge is 2.16. The Bertz CT molecular complexity index is 752. The predicted octanol–water partition coefficient (Wildman–Crippen LogP) is 11.1. The van der Waals surface area contributed by atoms with Crippen LogP contribution >= 0.6 is 0 Å². The van der Waals surface area contributed by atoms with Crippen LogP contribution in [0.4, 0.5) is 0 Å². The van der Waals surface area contributed by atoms with Crippen LogP contribution < -0.4 is 0 Å². The average molecular weight is 617 g/mol. The molecule has 254 valence electrons. The zero-order valence-electron chi connectivity index (χ0n) is 28.7. The molecular weight excluding hydrogens is 548 g/mol. The summed E-state index contributed by atoms with van der Waals surface area (Å²) in [7, 11) is 0. The zero-order chi connectivity index (χ0) is 32.2. The summed E-state index contributed by atoms with van der Waals surface area (Å²) in [6.45, 7) is 4.05. The number of allylic oxidation sites excluding steroid dienone is 8. The molecule has 0 aliphatic rings. The van der Waals surface area contributed by atoms with Gasteiger partial charge in [0.1, 0.15) is 6.61 Å². The molecule has 5 nitrogen and oxygen atoms in total.